The summed E-state index contributed by atoms with van der Waals surface area (Å²) in [5.41, 5.74) is 0. The third kappa shape index (κ3) is 45.4. The molecule has 0 rings (SSSR count). The van der Waals surface area contributed by atoms with E-state index >= 15 is 0 Å². The summed E-state index contributed by atoms with van der Waals surface area (Å²) < 4.78 is 0. The van der Waals surface area contributed by atoms with E-state index < -0.39 is 11.9 Å². The van der Waals surface area contributed by atoms with Crippen molar-refractivity contribution < 1.29 is 39.3 Å². The van der Waals surface area contributed by atoms with Gasteiger partial charge in [0.1, 0.15) is 0 Å². The van der Waals surface area contributed by atoms with E-state index in [-0.39, 0.29) is 32.3 Å². The average Bonchev–Trinajstić information content (AvgIpc) is 2.85. The van der Waals surface area contributed by atoms with Gasteiger partial charge in [0.2, 0.25) is 0 Å². The molecule has 0 aromatic carbocycles. The number of rotatable bonds is 26. The predicted octanol–water partition coefficient (Wildman–Crippen LogP) is 7.98. The Morgan fingerprint density at radius 1 is 0.432 bits per heavy atom. The van der Waals surface area contributed by atoms with Gasteiger partial charge in [0, 0.05) is 11.9 Å². The van der Waals surface area contributed by atoms with Gasteiger partial charge in [0.05, 0.1) is 0 Å². The number of carbonyl (C=O) groups is 2. The molecule has 0 saturated carbocycles. The van der Waals surface area contributed by atoms with Crippen LogP contribution in [-0.2, 0) is 29.1 Å². The maximum Gasteiger partial charge on any atom is 2.00 e. The van der Waals surface area contributed by atoms with Crippen LogP contribution in [0.5, 0.6) is 0 Å². The molecule has 0 amide bonds. The molecule has 0 aliphatic rings. The molecular formula is C32H58O4Zn. The van der Waals surface area contributed by atoms with Gasteiger partial charge in [-0.05, 0) is 77.0 Å². The molecule has 0 aromatic heterocycles. The van der Waals surface area contributed by atoms with Crippen LogP contribution >= 0.6 is 0 Å². The Bertz CT molecular complexity index is 471. The largest absolute Gasteiger partial charge is 2.00 e. The van der Waals surface area contributed by atoms with Crippen molar-refractivity contribution in [2.75, 3.05) is 0 Å². The Kier molecular flexibility index (Phi) is 40.8. The van der Waals surface area contributed by atoms with Crippen molar-refractivity contribution in [3.8, 4) is 0 Å². The van der Waals surface area contributed by atoms with Crippen LogP contribution in [0.2, 0.25) is 0 Å². The SMILES string of the molecule is CCCCCCC=CCCCCCCCC(=O)[O-].CCCCCCC=CCCCCCCCC(=O)[O-].[Zn+2]. The summed E-state index contributed by atoms with van der Waals surface area (Å²) in [6.45, 7) is 4.48. The molecule has 5 heteroatoms. The summed E-state index contributed by atoms with van der Waals surface area (Å²) in [4.78, 5) is 20.4. The smallest absolute Gasteiger partial charge is 0.550 e. The van der Waals surface area contributed by atoms with Crippen LogP contribution in [0, 0.1) is 0 Å². The standard InChI is InChI=1S/2C16H30O2.Zn/c2*1-2-3-4-5-6-7-8-9-10-11-12-13-14-15-16(17)18;/h2*7-8H,2-6,9-15H2,1H3,(H,17,18);/q;;+2/p-2. The van der Waals surface area contributed by atoms with Crippen molar-refractivity contribution in [2.24, 2.45) is 0 Å². The van der Waals surface area contributed by atoms with Crippen LogP contribution < -0.4 is 10.2 Å². The number of aliphatic carboxylic acids is 2. The van der Waals surface area contributed by atoms with Crippen molar-refractivity contribution in [1.82, 2.24) is 0 Å². The van der Waals surface area contributed by atoms with Crippen LogP contribution in [-0.4, -0.2) is 11.9 Å². The Balaban J connectivity index is -0.000000608. The quantitative estimate of drug-likeness (QED) is 0.0598. The van der Waals surface area contributed by atoms with Gasteiger partial charge in [-0.1, -0.05) is 115 Å². The monoisotopic (exact) mass is 570 g/mol. The fourth-order valence-electron chi connectivity index (χ4n) is 3.97. The maximum atomic E-state index is 10.2. The number of hydrogen-bond acceptors (Lipinski definition) is 4. The predicted molar refractivity (Wildman–Crippen MR) is 150 cm³/mol. The Labute approximate surface area is 242 Å². The topological polar surface area (TPSA) is 80.3 Å². The number of carbonyl (C=O) groups excluding carboxylic acids is 2. The van der Waals surface area contributed by atoms with E-state index in [1.165, 1.54) is 103 Å². The number of hydrogen-bond donors (Lipinski definition) is 0. The first-order chi connectivity index (χ1) is 17.5. The molecule has 0 unspecified atom stereocenters. The normalized spacial score (nSPS) is 10.9. The Hall–Kier alpha value is -0.957. The molecule has 0 fully saturated rings. The third-order valence-corrected chi connectivity index (χ3v) is 6.29. The zero-order valence-electron chi connectivity index (χ0n) is 24.6. The molecule has 0 atom stereocenters. The van der Waals surface area contributed by atoms with Crippen LogP contribution in [0.1, 0.15) is 168 Å². The molecule has 0 spiro atoms. The summed E-state index contributed by atoms with van der Waals surface area (Å²) in [6, 6.07) is 0. The van der Waals surface area contributed by atoms with E-state index in [9.17, 15) is 19.8 Å². The molecule has 4 nitrogen and oxygen atoms in total. The minimum atomic E-state index is -0.916. The second kappa shape index (κ2) is 37.2. The van der Waals surface area contributed by atoms with E-state index in [1.54, 1.807) is 0 Å². The molecular weight excluding hydrogens is 514 g/mol. The molecule has 0 N–H and O–H groups in total. The average molecular weight is 572 g/mol. The number of carboxylic acid groups (broad SMARTS) is 2. The minimum Gasteiger partial charge on any atom is -0.550 e. The third-order valence-electron chi connectivity index (χ3n) is 6.29. The fraction of sp³-hybridized carbons (Fsp3) is 0.812. The molecule has 0 aromatic rings. The molecule has 0 saturated heterocycles. The van der Waals surface area contributed by atoms with Gasteiger partial charge in [-0.15, -0.1) is 0 Å². The zero-order valence-corrected chi connectivity index (χ0v) is 27.6. The first-order valence-corrected chi connectivity index (χ1v) is 15.2. The minimum absolute atomic E-state index is 0. The molecule has 37 heavy (non-hydrogen) atoms. The van der Waals surface area contributed by atoms with Gasteiger partial charge in [-0.3, -0.25) is 0 Å². The van der Waals surface area contributed by atoms with Crippen LogP contribution in [0.15, 0.2) is 24.3 Å². The van der Waals surface area contributed by atoms with Crippen LogP contribution in [0.3, 0.4) is 0 Å². The summed E-state index contributed by atoms with van der Waals surface area (Å²) in [5, 5.41) is 20.4. The summed E-state index contributed by atoms with van der Waals surface area (Å²) >= 11 is 0. The number of carboxylic acids is 2. The molecule has 0 aliphatic heterocycles. The second-order valence-corrected chi connectivity index (χ2v) is 10.00. The van der Waals surface area contributed by atoms with Gasteiger partial charge >= 0.3 is 19.5 Å². The van der Waals surface area contributed by atoms with Gasteiger partial charge in [-0.2, -0.15) is 0 Å². The van der Waals surface area contributed by atoms with Crippen molar-refractivity contribution in [3.63, 3.8) is 0 Å². The van der Waals surface area contributed by atoms with Gasteiger partial charge in [0.15, 0.2) is 0 Å². The van der Waals surface area contributed by atoms with E-state index in [2.05, 4.69) is 38.2 Å². The van der Waals surface area contributed by atoms with Gasteiger partial charge in [-0.25, -0.2) is 0 Å². The van der Waals surface area contributed by atoms with Crippen molar-refractivity contribution in [1.29, 1.82) is 0 Å². The van der Waals surface area contributed by atoms with Crippen molar-refractivity contribution >= 4 is 11.9 Å². The second-order valence-electron chi connectivity index (χ2n) is 10.00. The van der Waals surface area contributed by atoms with E-state index in [1.807, 2.05) is 0 Å². The van der Waals surface area contributed by atoms with Crippen LogP contribution in [0.4, 0.5) is 0 Å². The number of allylic oxidation sites excluding steroid dienone is 4. The molecule has 0 bridgehead atoms. The molecule has 0 heterocycles. The first-order valence-electron chi connectivity index (χ1n) is 15.2. The first kappa shape index (κ1) is 40.5. The maximum absolute atomic E-state index is 10.2. The summed E-state index contributed by atoms with van der Waals surface area (Å²) in [5.74, 6) is -1.83. The van der Waals surface area contributed by atoms with Crippen molar-refractivity contribution in [3.05, 3.63) is 24.3 Å². The molecule has 212 valence electrons. The van der Waals surface area contributed by atoms with Gasteiger partial charge < -0.3 is 19.8 Å². The zero-order chi connectivity index (χ0) is 27.0. The Morgan fingerprint density at radius 3 is 0.946 bits per heavy atom. The summed E-state index contributed by atoms with van der Waals surface area (Å²) in [6.07, 6.45) is 36.0. The van der Waals surface area contributed by atoms with Crippen LogP contribution in [0.25, 0.3) is 0 Å². The van der Waals surface area contributed by atoms with E-state index in [0.29, 0.717) is 0 Å². The van der Waals surface area contributed by atoms with E-state index in [4.69, 9.17) is 0 Å². The summed E-state index contributed by atoms with van der Waals surface area (Å²) in [7, 11) is 0. The number of unbranched alkanes of at least 4 members (excludes halogenated alkanes) is 18. The fourth-order valence-corrected chi connectivity index (χ4v) is 3.97. The van der Waals surface area contributed by atoms with Crippen molar-refractivity contribution in [2.45, 2.75) is 168 Å². The van der Waals surface area contributed by atoms with E-state index in [0.717, 1.165) is 38.5 Å². The Morgan fingerprint density at radius 2 is 0.676 bits per heavy atom. The van der Waals surface area contributed by atoms with Gasteiger partial charge in [0.25, 0.3) is 0 Å². The molecule has 0 radical (unpaired) electrons. The molecule has 0 aliphatic carbocycles.